The molecule has 2 aliphatic rings. The van der Waals surface area contributed by atoms with Gasteiger partial charge in [0, 0.05) is 84.9 Å². The first-order chi connectivity index (χ1) is 32.5. The Balaban J connectivity index is 1.06. The number of H-pyrrole nitrogens is 1. The van der Waals surface area contributed by atoms with Crippen molar-refractivity contribution in [1.82, 2.24) is 19.8 Å². The van der Waals surface area contributed by atoms with Crippen LogP contribution < -0.4 is 37.1 Å². The maximum Gasteiger partial charge on any atom is 0.490 e. The van der Waals surface area contributed by atoms with Crippen molar-refractivity contribution in [3.63, 3.8) is 0 Å². The highest BCUT2D eigenvalue weighted by Gasteiger charge is 2.42. The largest absolute Gasteiger partial charge is 0.490 e. The average Bonchev–Trinajstić information content (AvgIpc) is 3.63. The number of aliphatic hydroxyl groups is 1. The molecule has 5 atom stereocenters. The molecule has 1 aliphatic heterocycles. The van der Waals surface area contributed by atoms with Crippen LogP contribution >= 0.6 is 23.5 Å². The van der Waals surface area contributed by atoms with E-state index in [1.54, 1.807) is 18.0 Å². The summed E-state index contributed by atoms with van der Waals surface area (Å²) in [4.78, 5) is 92.9. The highest BCUT2D eigenvalue weighted by Crippen LogP contribution is 2.66. The zero-order valence-corrected chi connectivity index (χ0v) is 41.2. The minimum absolute atomic E-state index is 0.0164. The molecule has 69 heavy (non-hydrogen) atoms. The molecule has 1 fully saturated rings. The molecular weight excluding hydrogens is 959 g/mol. The molecule has 372 valence electrons. The number of ether oxygens (including phenoxy) is 1. The van der Waals surface area contributed by atoms with Crippen molar-refractivity contribution in [3.05, 3.63) is 125 Å². The van der Waals surface area contributed by atoms with Gasteiger partial charge in [0.1, 0.15) is 11.5 Å². The van der Waals surface area contributed by atoms with Crippen molar-refractivity contribution in [2.24, 2.45) is 5.92 Å². The molecule has 0 bridgehead atoms. The standard InChI is InChI=1S/C45H56N5O16P3/c1-6-12-29-22-39-35(19-27(29)3)42(36-20-28(4)37(46-7-2)24-40(36)64-39)33-14-8-9-15-34(33)44(54)49(5)18-11-16-41(52)47-17-10-13-30-25-50(45(55)48-43(30)53)32-21-31(38(51)23-32)26-63-68(59,60)66-69(61,62)65-67(56,57)58/h8-10,12-15,19-20,22,24-25,31-32,38,46,51H,6-7,11,16-18,21,23,26H2,1-5H3,(H,47,52)(H,59,60)(H,61,62)(H,48,53,55)(H2,56,57,58)/b13-10+,29-12+/t31-,32-,38+/m1/s1. The maximum atomic E-state index is 14.2. The number of hydrogen-bond acceptors (Lipinski definition) is 13. The number of anilines is 1. The van der Waals surface area contributed by atoms with E-state index < -0.39 is 59.4 Å². The van der Waals surface area contributed by atoms with E-state index in [1.807, 2.05) is 44.2 Å². The number of amides is 2. The van der Waals surface area contributed by atoms with Crippen LogP contribution in [-0.2, 0) is 31.6 Å². The van der Waals surface area contributed by atoms with Crippen molar-refractivity contribution in [3.8, 4) is 11.5 Å². The van der Waals surface area contributed by atoms with Gasteiger partial charge in [-0.15, -0.1) is 0 Å². The molecule has 0 spiro atoms. The summed E-state index contributed by atoms with van der Waals surface area (Å²) < 4.78 is 54.4. The number of fused-ring (bicyclic) bond motifs is 2. The highest BCUT2D eigenvalue weighted by atomic mass is 31.3. The molecule has 1 aromatic heterocycles. The summed E-state index contributed by atoms with van der Waals surface area (Å²) in [6, 6.07) is 15.0. The van der Waals surface area contributed by atoms with Crippen molar-refractivity contribution in [1.29, 1.82) is 0 Å². The number of carbonyl (C=O) groups is 2. The van der Waals surface area contributed by atoms with Crippen LogP contribution in [0.15, 0.2) is 70.4 Å². The van der Waals surface area contributed by atoms with E-state index in [4.69, 9.17) is 14.5 Å². The number of aromatic amines is 1. The summed E-state index contributed by atoms with van der Waals surface area (Å²) in [5.74, 6) is -0.0865. The van der Waals surface area contributed by atoms with Crippen LogP contribution in [0.1, 0.15) is 90.2 Å². The first-order valence-corrected chi connectivity index (χ1v) is 26.5. The SMILES string of the molecule is CC/C=c1\cc2c(cc1C)=C(c1ccccc1C(=O)N(C)CCCC(=O)NC/C=C/c1cn([C@@H]3C[C@H](COP(=O)(O)OP(=O)(O)OP(=O)(O)O)[C@@H](O)C3)c(=O)[nH]c1=O)c1cc(C)c(NCC)cc1O2. The Morgan fingerprint density at radius 1 is 0.957 bits per heavy atom. The van der Waals surface area contributed by atoms with Crippen LogP contribution in [0.4, 0.5) is 5.69 Å². The Labute approximate surface area is 396 Å². The molecule has 24 heteroatoms. The van der Waals surface area contributed by atoms with E-state index in [2.05, 4.69) is 60.8 Å². The van der Waals surface area contributed by atoms with Crippen LogP contribution in [-0.4, -0.2) is 90.3 Å². The number of aromatic nitrogens is 2. The van der Waals surface area contributed by atoms with E-state index in [0.717, 1.165) is 61.5 Å². The molecule has 0 radical (unpaired) electrons. The fourth-order valence-electron chi connectivity index (χ4n) is 8.31. The monoisotopic (exact) mass is 1020 g/mol. The maximum absolute atomic E-state index is 14.2. The lowest BCUT2D eigenvalue weighted by Crippen LogP contribution is -2.33. The van der Waals surface area contributed by atoms with Gasteiger partial charge in [0.25, 0.3) is 11.5 Å². The van der Waals surface area contributed by atoms with Gasteiger partial charge in [0.15, 0.2) is 0 Å². The van der Waals surface area contributed by atoms with Crippen molar-refractivity contribution < 1.29 is 65.8 Å². The smallest absolute Gasteiger partial charge is 0.456 e. The van der Waals surface area contributed by atoms with Gasteiger partial charge in [0.2, 0.25) is 5.91 Å². The number of nitrogens with one attached hydrogen (secondary N) is 3. The third-order valence-electron chi connectivity index (χ3n) is 11.5. The predicted molar refractivity (Wildman–Crippen MR) is 256 cm³/mol. The summed E-state index contributed by atoms with van der Waals surface area (Å²) in [5, 5.41) is 18.7. The van der Waals surface area contributed by atoms with Gasteiger partial charge in [-0.2, -0.15) is 8.62 Å². The summed E-state index contributed by atoms with van der Waals surface area (Å²) >= 11 is 0. The normalized spacial score (nSPS) is 18.8. The molecule has 2 amide bonds. The molecule has 2 unspecified atom stereocenters. The molecule has 4 aromatic rings. The highest BCUT2D eigenvalue weighted by molar-refractivity contribution is 7.66. The number of hydrogen-bond donors (Lipinski definition) is 8. The number of phosphoric acid groups is 3. The van der Waals surface area contributed by atoms with Crippen molar-refractivity contribution in [2.45, 2.75) is 71.9 Å². The first kappa shape index (κ1) is 53.1. The second-order valence-corrected chi connectivity index (χ2v) is 21.1. The van der Waals surface area contributed by atoms with E-state index in [0.29, 0.717) is 23.5 Å². The third kappa shape index (κ3) is 13.5. The Kier molecular flexibility index (Phi) is 17.1. The summed E-state index contributed by atoms with van der Waals surface area (Å²) in [6.07, 6.45) is 6.24. The van der Waals surface area contributed by atoms with E-state index in [9.17, 15) is 47.8 Å². The molecular formula is C45H56N5O16P3. The molecule has 21 nitrogen and oxygen atoms in total. The number of carbonyl (C=O) groups excluding carboxylic acids is 2. The molecule has 8 N–H and O–H groups in total. The molecule has 1 aliphatic carbocycles. The Hall–Kier alpha value is -5.27. The molecule has 2 heterocycles. The number of aryl methyl sites for hydroxylation is 2. The summed E-state index contributed by atoms with van der Waals surface area (Å²) in [5.41, 5.74) is 4.55. The lowest BCUT2D eigenvalue weighted by molar-refractivity contribution is -0.121. The van der Waals surface area contributed by atoms with Crippen LogP contribution in [0, 0.1) is 19.8 Å². The quantitative estimate of drug-likeness (QED) is 0.0499. The Morgan fingerprint density at radius 3 is 2.41 bits per heavy atom. The molecule has 0 saturated heterocycles. The van der Waals surface area contributed by atoms with Crippen LogP contribution in [0.3, 0.4) is 0 Å². The second kappa shape index (κ2) is 22.2. The van der Waals surface area contributed by atoms with Gasteiger partial charge in [-0.25, -0.2) is 18.5 Å². The number of nitrogens with zero attached hydrogens (tertiary/aromatic N) is 2. The molecule has 3 aromatic carbocycles. The van der Waals surface area contributed by atoms with Gasteiger partial charge < -0.3 is 45.0 Å². The van der Waals surface area contributed by atoms with Crippen LogP contribution in [0.5, 0.6) is 11.5 Å². The van der Waals surface area contributed by atoms with Gasteiger partial charge in [-0.1, -0.05) is 43.4 Å². The third-order valence-corrected chi connectivity index (χ3v) is 15.3. The average molecular weight is 1020 g/mol. The summed E-state index contributed by atoms with van der Waals surface area (Å²) in [7, 11) is -15.1. The number of rotatable bonds is 20. The zero-order chi connectivity index (χ0) is 50.4. The van der Waals surface area contributed by atoms with Gasteiger partial charge in [0.05, 0.1) is 18.3 Å². The van der Waals surface area contributed by atoms with Crippen molar-refractivity contribution in [2.75, 3.05) is 38.6 Å². The van der Waals surface area contributed by atoms with Gasteiger partial charge in [-0.3, -0.25) is 28.5 Å². The van der Waals surface area contributed by atoms with Crippen LogP contribution in [0.25, 0.3) is 17.7 Å². The lowest BCUT2D eigenvalue weighted by atomic mass is 9.87. The second-order valence-electron chi connectivity index (χ2n) is 16.7. The van der Waals surface area contributed by atoms with Gasteiger partial charge in [-0.05, 0) is 92.6 Å². The fourth-order valence-corrected chi connectivity index (χ4v) is 11.4. The molecule has 6 rings (SSSR count). The predicted octanol–water partition coefficient (Wildman–Crippen LogP) is 4.47. The topological polar surface area (TPSA) is 306 Å². The minimum atomic E-state index is -5.75. The number of benzene rings is 3. The van der Waals surface area contributed by atoms with E-state index >= 15 is 0 Å². The zero-order valence-electron chi connectivity index (χ0n) is 38.5. The van der Waals surface area contributed by atoms with E-state index in [1.165, 1.54) is 18.3 Å². The molecule has 1 saturated carbocycles. The van der Waals surface area contributed by atoms with E-state index in [-0.39, 0.29) is 49.7 Å². The number of aliphatic hydroxyl groups excluding tert-OH is 1. The minimum Gasteiger partial charge on any atom is -0.456 e. The first-order valence-electron chi connectivity index (χ1n) is 22.0. The van der Waals surface area contributed by atoms with Crippen LogP contribution in [0.2, 0.25) is 0 Å². The summed E-state index contributed by atoms with van der Waals surface area (Å²) in [6.45, 7) is 8.49. The Morgan fingerprint density at radius 2 is 1.70 bits per heavy atom. The number of phosphoric ester groups is 1. The lowest BCUT2D eigenvalue weighted by Gasteiger charge is -2.25. The van der Waals surface area contributed by atoms with Gasteiger partial charge >= 0.3 is 29.2 Å². The van der Waals surface area contributed by atoms with Crippen molar-refractivity contribution >= 4 is 58.7 Å². The Bertz CT molecular complexity index is 3040. The fraction of sp³-hybridized carbons (Fsp3) is 0.378.